The largest absolute Gasteiger partial charge is 0.394 e. The summed E-state index contributed by atoms with van der Waals surface area (Å²) in [4.78, 5) is 20.3. The molecule has 1 aromatic carbocycles. The Morgan fingerprint density at radius 1 is 1.25 bits per heavy atom. The lowest BCUT2D eigenvalue weighted by atomic mass is 10.3. The molecule has 0 aromatic heterocycles. The second-order valence-corrected chi connectivity index (χ2v) is 1.76. The lowest BCUT2D eigenvalue weighted by Gasteiger charge is -1.93. The van der Waals surface area contributed by atoms with Gasteiger partial charge in [-0.05, 0) is 0 Å². The zero-order valence-electron chi connectivity index (χ0n) is 3.77. The highest BCUT2D eigenvalue weighted by Gasteiger charge is 2.13. The Balaban J connectivity index is 3.48. The first-order chi connectivity index (χ1) is 3.64. The van der Waals surface area contributed by atoms with E-state index in [0.29, 0.717) is 0 Å². The summed E-state index contributed by atoms with van der Waals surface area (Å²) >= 11 is 5.13. The quantitative estimate of drug-likeness (QED) is 0.484. The highest BCUT2D eigenvalue weighted by molar-refractivity contribution is 6.33. The molecule has 0 bridgehead atoms. The Morgan fingerprint density at radius 2 is 1.75 bits per heavy atom. The fourth-order valence-corrected chi connectivity index (χ4v) is 0.553. The van der Waals surface area contributed by atoms with Gasteiger partial charge in [-0.15, -0.1) is 0 Å². The van der Waals surface area contributed by atoms with E-state index in [1.807, 2.05) is 0 Å². The predicted octanol–water partition coefficient (Wildman–Crippen LogP) is -0.482. The van der Waals surface area contributed by atoms with Crippen LogP contribution >= 0.6 is 11.6 Å². The zero-order chi connectivity index (χ0) is 6.31. The Bertz CT molecular complexity index is 254. The van der Waals surface area contributed by atoms with Crippen molar-refractivity contribution in [3.05, 3.63) is 25.5 Å². The Morgan fingerprint density at radius 3 is 1.88 bits per heavy atom. The van der Waals surface area contributed by atoms with Crippen molar-refractivity contribution in [1.82, 2.24) is 0 Å². The molecule has 0 heterocycles. The van der Waals surface area contributed by atoms with Gasteiger partial charge in [0, 0.05) is 0 Å². The number of anilines is 1. The highest BCUT2D eigenvalue weighted by atomic mass is 35.5. The molecule has 1 rings (SSSR count). The maximum absolute atomic E-state index is 10.2. The van der Waals surface area contributed by atoms with Gasteiger partial charge in [-0.2, -0.15) is 0 Å². The number of rotatable bonds is 0. The molecule has 0 aliphatic carbocycles. The van der Waals surface area contributed by atoms with Crippen LogP contribution in [0, 0.1) is 0 Å². The average molecular weight is 132 g/mol. The molecule has 1 aromatic rings. The molecule has 3 nitrogen and oxygen atoms in total. The molecular formula is C4H2ClNO2. The van der Waals surface area contributed by atoms with Crippen LogP contribution in [0.4, 0.5) is 5.69 Å². The second kappa shape index (κ2) is 1.32. The van der Waals surface area contributed by atoms with Crippen molar-refractivity contribution in [3.8, 4) is 0 Å². The van der Waals surface area contributed by atoms with Gasteiger partial charge in [0.25, 0.3) is 5.43 Å². The third-order valence-electron chi connectivity index (χ3n) is 0.887. The third-order valence-corrected chi connectivity index (χ3v) is 1.26. The zero-order valence-corrected chi connectivity index (χ0v) is 4.53. The van der Waals surface area contributed by atoms with Gasteiger partial charge in [0.05, 0.1) is 0 Å². The van der Waals surface area contributed by atoms with Gasteiger partial charge in [-0.1, -0.05) is 11.6 Å². The van der Waals surface area contributed by atoms with Gasteiger partial charge in [0.1, 0.15) is 10.7 Å². The van der Waals surface area contributed by atoms with Gasteiger partial charge >= 0.3 is 0 Å². The first kappa shape index (κ1) is 5.31. The van der Waals surface area contributed by atoms with E-state index in [9.17, 15) is 9.59 Å². The van der Waals surface area contributed by atoms with Crippen molar-refractivity contribution < 1.29 is 0 Å². The maximum atomic E-state index is 10.2. The standard InChI is InChI=1S/C4H2ClNO2/c5-1-2(6)4(8)3(1)7/h6H2. The number of nitrogen functional groups attached to an aromatic ring is 1. The van der Waals surface area contributed by atoms with Crippen molar-refractivity contribution in [2.24, 2.45) is 0 Å². The Hall–Kier alpha value is -0.830. The molecular weight excluding hydrogens is 130 g/mol. The van der Waals surface area contributed by atoms with Gasteiger partial charge in [0.2, 0.25) is 5.43 Å². The van der Waals surface area contributed by atoms with Gasteiger partial charge in [-0.3, -0.25) is 9.59 Å². The minimum Gasteiger partial charge on any atom is -0.394 e. The van der Waals surface area contributed by atoms with E-state index >= 15 is 0 Å². The van der Waals surface area contributed by atoms with Gasteiger partial charge in [0.15, 0.2) is 0 Å². The molecule has 0 saturated heterocycles. The molecule has 0 unspecified atom stereocenters. The minimum absolute atomic E-state index is 0.114. The summed E-state index contributed by atoms with van der Waals surface area (Å²) in [6.45, 7) is 0. The van der Waals surface area contributed by atoms with Crippen LogP contribution < -0.4 is 16.6 Å². The Kier molecular flexibility index (Phi) is 0.877. The number of nitrogens with two attached hydrogens (primary N) is 1. The summed E-state index contributed by atoms with van der Waals surface area (Å²) in [5.74, 6) is 0. The number of halogens is 1. The number of hydrogen-bond acceptors (Lipinski definition) is 3. The molecule has 8 heavy (non-hydrogen) atoms. The molecule has 0 fully saturated rings. The van der Waals surface area contributed by atoms with E-state index in [-0.39, 0.29) is 10.7 Å². The summed E-state index contributed by atoms with van der Waals surface area (Å²) in [6, 6.07) is 0. The summed E-state index contributed by atoms with van der Waals surface area (Å²) in [6.07, 6.45) is 0. The van der Waals surface area contributed by atoms with Gasteiger partial charge in [-0.25, -0.2) is 0 Å². The molecule has 0 amide bonds. The monoisotopic (exact) mass is 131 g/mol. The molecule has 2 N–H and O–H groups in total. The van der Waals surface area contributed by atoms with E-state index in [1.165, 1.54) is 0 Å². The van der Waals surface area contributed by atoms with Crippen LogP contribution in [0.3, 0.4) is 0 Å². The molecule has 0 saturated carbocycles. The molecule has 0 atom stereocenters. The topological polar surface area (TPSA) is 60.2 Å². The maximum Gasteiger partial charge on any atom is 0.251 e. The van der Waals surface area contributed by atoms with Crippen LogP contribution in [0.2, 0.25) is 5.02 Å². The van der Waals surface area contributed by atoms with E-state index in [2.05, 4.69) is 0 Å². The van der Waals surface area contributed by atoms with Gasteiger partial charge < -0.3 is 5.73 Å². The van der Waals surface area contributed by atoms with E-state index in [4.69, 9.17) is 17.3 Å². The average Bonchev–Trinajstić information content (AvgIpc) is 1.83. The smallest absolute Gasteiger partial charge is 0.251 e. The lowest BCUT2D eigenvalue weighted by molar-refractivity contribution is 1.43. The summed E-state index contributed by atoms with van der Waals surface area (Å²) < 4.78 is 0. The van der Waals surface area contributed by atoms with Crippen molar-refractivity contribution in [3.63, 3.8) is 0 Å². The molecule has 0 aliphatic heterocycles. The van der Waals surface area contributed by atoms with Crippen LogP contribution in [-0.4, -0.2) is 0 Å². The molecule has 0 radical (unpaired) electrons. The van der Waals surface area contributed by atoms with Crippen LogP contribution in [0.15, 0.2) is 9.59 Å². The second-order valence-electron chi connectivity index (χ2n) is 1.39. The van der Waals surface area contributed by atoms with Crippen LogP contribution in [0.25, 0.3) is 0 Å². The van der Waals surface area contributed by atoms with Crippen LogP contribution in [-0.2, 0) is 0 Å². The summed E-state index contributed by atoms with van der Waals surface area (Å²) in [7, 11) is 0. The van der Waals surface area contributed by atoms with Crippen molar-refractivity contribution in [2.45, 2.75) is 0 Å². The van der Waals surface area contributed by atoms with Crippen LogP contribution in [0.1, 0.15) is 0 Å². The molecule has 4 heteroatoms. The summed E-state index contributed by atoms with van der Waals surface area (Å²) in [5.41, 5.74) is 3.47. The first-order valence-corrected chi connectivity index (χ1v) is 2.26. The van der Waals surface area contributed by atoms with E-state index < -0.39 is 10.9 Å². The molecule has 0 spiro atoms. The highest BCUT2D eigenvalue weighted by Crippen LogP contribution is 2.07. The van der Waals surface area contributed by atoms with Crippen molar-refractivity contribution in [2.75, 3.05) is 5.73 Å². The third kappa shape index (κ3) is 0.391. The van der Waals surface area contributed by atoms with E-state index in [0.717, 1.165) is 0 Å². The van der Waals surface area contributed by atoms with E-state index in [1.54, 1.807) is 0 Å². The molecule has 0 aliphatic rings. The minimum atomic E-state index is -0.677. The van der Waals surface area contributed by atoms with Crippen LogP contribution in [0.5, 0.6) is 0 Å². The number of hydrogen-bond donors (Lipinski definition) is 1. The first-order valence-electron chi connectivity index (χ1n) is 1.89. The summed E-state index contributed by atoms with van der Waals surface area (Å²) in [5, 5.41) is -0.130. The SMILES string of the molecule is Nc1c(Cl)c(=O)c1=O. The predicted molar refractivity (Wildman–Crippen MR) is 30.8 cm³/mol. The fraction of sp³-hybridized carbons (Fsp3) is 0. The van der Waals surface area contributed by atoms with Crippen molar-refractivity contribution in [1.29, 1.82) is 0 Å². The lowest BCUT2D eigenvalue weighted by Crippen LogP contribution is -2.34. The van der Waals surface area contributed by atoms with Crippen molar-refractivity contribution >= 4 is 17.3 Å². The fourth-order valence-electron chi connectivity index (χ4n) is 0.381. The normalized spacial score (nSPS) is 10.1. The Labute approximate surface area is 49.4 Å². The molecule has 42 valence electrons.